The van der Waals surface area contributed by atoms with Crippen molar-refractivity contribution in [1.29, 1.82) is 0 Å². The van der Waals surface area contributed by atoms with Crippen molar-refractivity contribution in [3.63, 3.8) is 0 Å². The van der Waals surface area contributed by atoms with Gasteiger partial charge >= 0.3 is 19.8 Å². The van der Waals surface area contributed by atoms with E-state index in [2.05, 4.69) is 13.8 Å². The van der Waals surface area contributed by atoms with Crippen LogP contribution in [0.25, 0.3) is 0 Å². The van der Waals surface area contributed by atoms with Crippen LogP contribution in [0.2, 0.25) is 0 Å². The van der Waals surface area contributed by atoms with E-state index in [4.69, 9.17) is 18.5 Å². The summed E-state index contributed by atoms with van der Waals surface area (Å²) >= 11 is 0. The Balaban J connectivity index is 3.76. The first-order valence-corrected chi connectivity index (χ1v) is 29.8. The molecule has 65 heavy (non-hydrogen) atoms. The topological polar surface area (TPSA) is 108 Å². The van der Waals surface area contributed by atoms with Gasteiger partial charge in [0.2, 0.25) is 0 Å². The van der Waals surface area contributed by atoms with E-state index in [1.54, 1.807) is 0 Å². The van der Waals surface area contributed by atoms with E-state index in [1.165, 1.54) is 225 Å². The molecule has 2 atom stereocenters. The maximum absolute atomic E-state index is 12.7. The van der Waals surface area contributed by atoms with Crippen LogP contribution in [0.3, 0.4) is 0 Å². The fourth-order valence-electron chi connectivity index (χ4n) is 8.49. The summed E-state index contributed by atoms with van der Waals surface area (Å²) < 4.78 is 34.2. The molecule has 0 aromatic carbocycles. The van der Waals surface area contributed by atoms with E-state index in [0.29, 0.717) is 17.4 Å². The number of phosphoric acid groups is 1. The normalized spacial score (nSPS) is 13.3. The number of esters is 2. The number of likely N-dealkylation sites (N-methyl/N-ethyl adjacent to an activating group) is 1. The minimum Gasteiger partial charge on any atom is -0.462 e. The third kappa shape index (κ3) is 52.2. The average molecular weight is 945 g/mol. The van der Waals surface area contributed by atoms with Gasteiger partial charge in [0, 0.05) is 12.8 Å². The molecule has 0 radical (unpaired) electrons. The second kappa shape index (κ2) is 48.1. The summed E-state index contributed by atoms with van der Waals surface area (Å²) in [6.07, 6.45) is 53.9. The maximum atomic E-state index is 12.7. The van der Waals surface area contributed by atoms with Gasteiger partial charge in [-0.05, 0) is 12.8 Å². The summed E-state index contributed by atoms with van der Waals surface area (Å²) in [5.41, 5.74) is 0. The molecule has 9 nitrogen and oxygen atoms in total. The summed E-state index contributed by atoms with van der Waals surface area (Å²) in [6, 6.07) is 0. The van der Waals surface area contributed by atoms with Gasteiger partial charge < -0.3 is 18.9 Å². The Morgan fingerprint density at radius 3 is 0.985 bits per heavy atom. The molecule has 0 spiro atoms. The summed E-state index contributed by atoms with van der Waals surface area (Å²) in [6.45, 7) is 4.40. The number of phosphoric ester groups is 1. The first kappa shape index (κ1) is 64.0. The van der Waals surface area contributed by atoms with Gasteiger partial charge in [-0.3, -0.25) is 18.6 Å². The lowest BCUT2D eigenvalue weighted by Crippen LogP contribution is -2.37. The molecule has 0 aliphatic rings. The highest BCUT2D eigenvalue weighted by atomic mass is 31.2. The van der Waals surface area contributed by atoms with Crippen LogP contribution in [0, 0.1) is 0 Å². The van der Waals surface area contributed by atoms with E-state index in [-0.39, 0.29) is 25.6 Å². The Morgan fingerprint density at radius 1 is 0.415 bits per heavy atom. The Bertz CT molecular complexity index is 1070. The molecule has 10 heteroatoms. The van der Waals surface area contributed by atoms with Gasteiger partial charge in [0.15, 0.2) is 6.10 Å². The molecule has 0 heterocycles. The van der Waals surface area contributed by atoms with Crippen LogP contribution in [0.15, 0.2) is 0 Å². The second-order valence-electron chi connectivity index (χ2n) is 20.7. The number of hydrogen-bond donors (Lipinski definition) is 1. The van der Waals surface area contributed by atoms with Gasteiger partial charge in [-0.25, -0.2) is 4.57 Å². The Kier molecular flexibility index (Phi) is 47.3. The predicted molar refractivity (Wildman–Crippen MR) is 275 cm³/mol. The van der Waals surface area contributed by atoms with Gasteiger partial charge in [-0.2, -0.15) is 0 Å². The summed E-state index contributed by atoms with van der Waals surface area (Å²) in [4.78, 5) is 35.2. The first-order chi connectivity index (χ1) is 31.5. The van der Waals surface area contributed by atoms with Crippen molar-refractivity contribution < 1.29 is 42.1 Å². The lowest BCUT2D eigenvalue weighted by Gasteiger charge is -2.24. The molecule has 2 unspecified atom stereocenters. The predicted octanol–water partition coefficient (Wildman–Crippen LogP) is 17.1. The van der Waals surface area contributed by atoms with Crippen LogP contribution < -0.4 is 0 Å². The molecule has 0 fully saturated rings. The van der Waals surface area contributed by atoms with Crippen LogP contribution in [-0.2, 0) is 32.7 Å². The van der Waals surface area contributed by atoms with Crippen molar-refractivity contribution in [3.8, 4) is 0 Å². The third-order valence-electron chi connectivity index (χ3n) is 12.9. The van der Waals surface area contributed by atoms with Crippen LogP contribution in [0.5, 0.6) is 0 Å². The molecule has 0 aliphatic heterocycles. The van der Waals surface area contributed by atoms with Crippen molar-refractivity contribution in [2.45, 2.75) is 296 Å². The highest BCUT2D eigenvalue weighted by Crippen LogP contribution is 2.43. The van der Waals surface area contributed by atoms with Gasteiger partial charge in [0.25, 0.3) is 0 Å². The quantitative estimate of drug-likeness (QED) is 0.0278. The third-order valence-corrected chi connectivity index (χ3v) is 13.9. The fraction of sp³-hybridized carbons (Fsp3) is 0.964. The average Bonchev–Trinajstić information content (AvgIpc) is 3.26. The zero-order valence-corrected chi connectivity index (χ0v) is 44.9. The monoisotopic (exact) mass is 945 g/mol. The zero-order chi connectivity index (χ0) is 47.8. The molecule has 0 aliphatic carbocycles. The van der Waals surface area contributed by atoms with E-state index in [9.17, 15) is 19.0 Å². The molecule has 0 bridgehead atoms. The number of hydrogen-bond acceptors (Lipinski definition) is 7. The molecule has 1 N–H and O–H groups in total. The summed E-state index contributed by atoms with van der Waals surface area (Å²) in [5, 5.41) is 0. The standard InChI is InChI=1S/C55H110NO8P/c1-6-8-10-12-14-15-16-17-18-19-20-21-22-23-24-25-26-27-28-29-30-31-32-33-34-35-36-37-38-39-40-41-42-44-46-48-55(58)64-53(51-61-54(57)47-45-43-13-11-9-7-2)52-63-65(59,60)62-50-49-56(3,4)5/h53H,6-52H2,1-5H3/p+1. The van der Waals surface area contributed by atoms with Crippen LogP contribution in [0.1, 0.15) is 290 Å². The number of nitrogens with zero attached hydrogens (tertiary/aromatic N) is 1. The maximum Gasteiger partial charge on any atom is 0.472 e. The molecule has 0 rings (SSSR count). The zero-order valence-electron chi connectivity index (χ0n) is 44.0. The van der Waals surface area contributed by atoms with Crippen molar-refractivity contribution in [1.82, 2.24) is 0 Å². The number of carbonyl (C=O) groups is 2. The molecule has 0 aromatic rings. The molecular weight excluding hydrogens is 834 g/mol. The number of ether oxygens (including phenoxy) is 2. The SMILES string of the molecule is CCCCCCCCCCCCCCCCCCCCCCCCCCCCCCCCCCCCCC(=O)OC(COC(=O)CCCCCCCC)COP(=O)(O)OCC[N+](C)(C)C. The first-order valence-electron chi connectivity index (χ1n) is 28.3. The number of rotatable bonds is 53. The lowest BCUT2D eigenvalue weighted by molar-refractivity contribution is -0.870. The van der Waals surface area contributed by atoms with Gasteiger partial charge in [0.05, 0.1) is 27.7 Å². The molecule has 0 saturated carbocycles. The summed E-state index contributed by atoms with van der Waals surface area (Å²) in [5.74, 6) is -0.792. The van der Waals surface area contributed by atoms with E-state index in [1.807, 2.05) is 21.1 Å². The smallest absolute Gasteiger partial charge is 0.462 e. The fourth-order valence-corrected chi connectivity index (χ4v) is 9.23. The van der Waals surface area contributed by atoms with Crippen LogP contribution >= 0.6 is 7.82 Å². The summed E-state index contributed by atoms with van der Waals surface area (Å²) in [7, 11) is 1.49. The van der Waals surface area contributed by atoms with Crippen molar-refractivity contribution in [2.75, 3.05) is 47.5 Å². The number of unbranched alkanes of at least 4 members (excludes halogenated alkanes) is 39. The lowest BCUT2D eigenvalue weighted by atomic mass is 10.0. The molecule has 0 amide bonds. The highest BCUT2D eigenvalue weighted by molar-refractivity contribution is 7.47. The minimum absolute atomic E-state index is 0.0364. The van der Waals surface area contributed by atoms with Gasteiger partial charge in [0.1, 0.15) is 19.8 Å². The highest BCUT2D eigenvalue weighted by Gasteiger charge is 2.27. The largest absolute Gasteiger partial charge is 0.472 e. The molecular formula is C55H111NO8P+. The van der Waals surface area contributed by atoms with Crippen molar-refractivity contribution >= 4 is 19.8 Å². The van der Waals surface area contributed by atoms with Gasteiger partial charge in [-0.15, -0.1) is 0 Å². The van der Waals surface area contributed by atoms with Crippen LogP contribution in [0.4, 0.5) is 0 Å². The van der Waals surface area contributed by atoms with Gasteiger partial charge in [-0.1, -0.05) is 264 Å². The van der Waals surface area contributed by atoms with Crippen molar-refractivity contribution in [3.05, 3.63) is 0 Å². The van der Waals surface area contributed by atoms with E-state index >= 15 is 0 Å². The number of carbonyl (C=O) groups excluding carboxylic acids is 2. The Hall–Kier alpha value is -0.990. The number of quaternary nitrogens is 1. The van der Waals surface area contributed by atoms with E-state index in [0.717, 1.165) is 38.5 Å². The van der Waals surface area contributed by atoms with Crippen LogP contribution in [-0.4, -0.2) is 74.9 Å². The Morgan fingerprint density at radius 2 is 0.692 bits per heavy atom. The molecule has 0 saturated heterocycles. The minimum atomic E-state index is -4.36. The van der Waals surface area contributed by atoms with Crippen molar-refractivity contribution in [2.24, 2.45) is 0 Å². The molecule has 388 valence electrons. The second-order valence-corrected chi connectivity index (χ2v) is 22.1. The Labute approximate surface area is 404 Å². The van der Waals surface area contributed by atoms with E-state index < -0.39 is 26.5 Å². The molecule has 0 aromatic heterocycles.